The number of benzene rings is 2. The lowest BCUT2D eigenvalue weighted by molar-refractivity contribution is -0.116. The van der Waals surface area contributed by atoms with Crippen LogP contribution in [0.5, 0.6) is 0 Å². The second-order valence-electron chi connectivity index (χ2n) is 5.89. The van der Waals surface area contributed by atoms with E-state index < -0.39 is 0 Å². The Balaban J connectivity index is 1.87. The van der Waals surface area contributed by atoms with Gasteiger partial charge in [-0.2, -0.15) is 0 Å². The van der Waals surface area contributed by atoms with E-state index in [9.17, 15) is 9.59 Å². The lowest BCUT2D eigenvalue weighted by Gasteiger charge is -2.11. The fourth-order valence-corrected chi connectivity index (χ4v) is 2.52. The Bertz CT molecular complexity index is 701. The summed E-state index contributed by atoms with van der Waals surface area (Å²) in [6, 6.07) is 16.9. The second kappa shape index (κ2) is 11.1. The smallest absolute Gasteiger partial charge is 0.253 e. The van der Waals surface area contributed by atoms with Crippen LogP contribution in [0.1, 0.15) is 35.7 Å². The molecule has 0 aliphatic heterocycles. The minimum absolute atomic E-state index is 0.106. The molecule has 2 rings (SSSR count). The minimum atomic E-state index is -0.194. The predicted molar refractivity (Wildman–Crippen MR) is 103 cm³/mol. The summed E-state index contributed by atoms with van der Waals surface area (Å²) in [4.78, 5) is 24.6. The molecule has 0 aromatic heterocycles. The van der Waals surface area contributed by atoms with Crippen molar-refractivity contribution in [1.29, 1.82) is 0 Å². The first-order chi connectivity index (χ1) is 12.7. The van der Waals surface area contributed by atoms with E-state index in [-0.39, 0.29) is 11.8 Å². The Kier molecular flexibility index (Phi) is 8.36. The van der Waals surface area contributed by atoms with Crippen LogP contribution in [0.2, 0.25) is 0 Å². The number of nitrogens with one attached hydrogen (secondary N) is 2. The standard InChI is InChI=1S/C21H26N2O3/c1-2-26-16-8-15-22-21(25)18-11-6-7-12-19(18)23-20(24)14-13-17-9-4-3-5-10-17/h3-7,9-12H,2,8,13-16H2,1H3,(H,22,25)(H,23,24). The number of hydrogen-bond donors (Lipinski definition) is 2. The number of hydrogen-bond acceptors (Lipinski definition) is 3. The molecular formula is C21H26N2O3. The molecule has 0 saturated carbocycles. The van der Waals surface area contributed by atoms with Gasteiger partial charge in [-0.3, -0.25) is 9.59 Å². The molecule has 0 saturated heterocycles. The normalized spacial score (nSPS) is 10.3. The summed E-state index contributed by atoms with van der Waals surface area (Å²) in [7, 11) is 0. The van der Waals surface area contributed by atoms with E-state index in [1.165, 1.54) is 0 Å². The van der Waals surface area contributed by atoms with Crippen molar-refractivity contribution in [2.75, 3.05) is 25.1 Å². The molecule has 2 aromatic carbocycles. The summed E-state index contributed by atoms with van der Waals surface area (Å²) in [6.07, 6.45) is 1.79. The lowest BCUT2D eigenvalue weighted by Crippen LogP contribution is -2.26. The molecule has 138 valence electrons. The van der Waals surface area contributed by atoms with Crippen LogP contribution < -0.4 is 10.6 Å². The number of amides is 2. The maximum atomic E-state index is 12.4. The van der Waals surface area contributed by atoms with Gasteiger partial charge in [-0.15, -0.1) is 0 Å². The highest BCUT2D eigenvalue weighted by atomic mass is 16.5. The molecule has 0 aliphatic carbocycles. The lowest BCUT2D eigenvalue weighted by atomic mass is 10.1. The Morgan fingerprint density at radius 2 is 1.73 bits per heavy atom. The molecule has 0 aliphatic rings. The fraction of sp³-hybridized carbons (Fsp3) is 0.333. The van der Waals surface area contributed by atoms with E-state index in [1.54, 1.807) is 24.3 Å². The first kappa shape index (κ1) is 19.7. The molecule has 0 atom stereocenters. The van der Waals surface area contributed by atoms with Crippen molar-refractivity contribution in [3.05, 3.63) is 65.7 Å². The van der Waals surface area contributed by atoms with Gasteiger partial charge in [0, 0.05) is 26.2 Å². The van der Waals surface area contributed by atoms with Gasteiger partial charge in [0.05, 0.1) is 11.3 Å². The fourth-order valence-electron chi connectivity index (χ4n) is 2.52. The molecule has 5 heteroatoms. The van der Waals surface area contributed by atoms with Crippen LogP contribution in [0, 0.1) is 0 Å². The SMILES string of the molecule is CCOCCCNC(=O)c1ccccc1NC(=O)CCc1ccccc1. The minimum Gasteiger partial charge on any atom is -0.382 e. The molecule has 2 aromatic rings. The van der Waals surface area contributed by atoms with Gasteiger partial charge < -0.3 is 15.4 Å². The number of carbonyl (C=O) groups excluding carboxylic acids is 2. The molecule has 0 radical (unpaired) electrons. The van der Waals surface area contributed by atoms with Crippen LogP contribution >= 0.6 is 0 Å². The van der Waals surface area contributed by atoms with Crippen molar-refractivity contribution >= 4 is 17.5 Å². The van der Waals surface area contributed by atoms with E-state index in [0.717, 1.165) is 12.0 Å². The van der Waals surface area contributed by atoms with E-state index in [2.05, 4.69) is 10.6 Å². The third-order valence-electron chi connectivity index (χ3n) is 3.88. The third kappa shape index (κ3) is 6.69. The maximum absolute atomic E-state index is 12.4. The summed E-state index contributed by atoms with van der Waals surface area (Å²) >= 11 is 0. The van der Waals surface area contributed by atoms with Crippen LogP contribution in [-0.2, 0) is 16.0 Å². The number of aryl methyl sites for hydroxylation is 1. The summed E-state index contributed by atoms with van der Waals surface area (Å²) in [5.74, 6) is -0.300. The number of ether oxygens (including phenoxy) is 1. The van der Waals surface area contributed by atoms with Crippen LogP contribution in [-0.4, -0.2) is 31.6 Å². The molecule has 2 N–H and O–H groups in total. The Morgan fingerprint density at radius 1 is 1.00 bits per heavy atom. The Morgan fingerprint density at radius 3 is 2.50 bits per heavy atom. The van der Waals surface area contributed by atoms with Gasteiger partial charge in [-0.25, -0.2) is 0 Å². The third-order valence-corrected chi connectivity index (χ3v) is 3.88. The van der Waals surface area contributed by atoms with Crippen LogP contribution in [0.25, 0.3) is 0 Å². The number of para-hydroxylation sites is 1. The molecule has 0 bridgehead atoms. The quantitative estimate of drug-likeness (QED) is 0.643. The topological polar surface area (TPSA) is 67.4 Å². The molecule has 5 nitrogen and oxygen atoms in total. The Hall–Kier alpha value is -2.66. The van der Waals surface area contributed by atoms with Crippen LogP contribution in [0.3, 0.4) is 0 Å². The molecule has 26 heavy (non-hydrogen) atoms. The number of carbonyl (C=O) groups is 2. The van der Waals surface area contributed by atoms with Crippen molar-refractivity contribution in [3.8, 4) is 0 Å². The largest absolute Gasteiger partial charge is 0.382 e. The molecule has 0 fully saturated rings. The van der Waals surface area contributed by atoms with Crippen molar-refractivity contribution < 1.29 is 14.3 Å². The molecule has 0 unspecified atom stereocenters. The maximum Gasteiger partial charge on any atom is 0.253 e. The monoisotopic (exact) mass is 354 g/mol. The number of anilines is 1. The van der Waals surface area contributed by atoms with E-state index in [4.69, 9.17) is 4.74 Å². The van der Waals surface area contributed by atoms with Gasteiger partial charge in [0.2, 0.25) is 5.91 Å². The highest BCUT2D eigenvalue weighted by Gasteiger charge is 2.12. The highest BCUT2D eigenvalue weighted by Crippen LogP contribution is 2.15. The van der Waals surface area contributed by atoms with E-state index >= 15 is 0 Å². The highest BCUT2D eigenvalue weighted by molar-refractivity contribution is 6.03. The zero-order chi connectivity index (χ0) is 18.6. The Labute approximate surface area is 154 Å². The summed E-state index contributed by atoms with van der Waals surface area (Å²) in [5.41, 5.74) is 2.12. The van der Waals surface area contributed by atoms with Gasteiger partial charge in [-0.1, -0.05) is 42.5 Å². The molecule has 2 amide bonds. The van der Waals surface area contributed by atoms with Crippen LogP contribution in [0.4, 0.5) is 5.69 Å². The van der Waals surface area contributed by atoms with Gasteiger partial charge >= 0.3 is 0 Å². The van der Waals surface area contributed by atoms with Crippen molar-refractivity contribution in [2.24, 2.45) is 0 Å². The average molecular weight is 354 g/mol. The first-order valence-corrected chi connectivity index (χ1v) is 8.99. The van der Waals surface area contributed by atoms with Crippen molar-refractivity contribution in [2.45, 2.75) is 26.2 Å². The van der Waals surface area contributed by atoms with Crippen molar-refractivity contribution in [1.82, 2.24) is 5.32 Å². The number of rotatable bonds is 10. The zero-order valence-electron chi connectivity index (χ0n) is 15.2. The second-order valence-corrected chi connectivity index (χ2v) is 5.89. The van der Waals surface area contributed by atoms with E-state index in [1.807, 2.05) is 37.3 Å². The van der Waals surface area contributed by atoms with Gasteiger partial charge in [-0.05, 0) is 37.5 Å². The molecule has 0 heterocycles. The predicted octanol–water partition coefficient (Wildman–Crippen LogP) is 3.41. The first-order valence-electron chi connectivity index (χ1n) is 8.99. The van der Waals surface area contributed by atoms with E-state index in [0.29, 0.717) is 43.9 Å². The summed E-state index contributed by atoms with van der Waals surface area (Å²) in [5, 5.41) is 5.71. The van der Waals surface area contributed by atoms with Gasteiger partial charge in [0.15, 0.2) is 0 Å². The van der Waals surface area contributed by atoms with Gasteiger partial charge in [0.1, 0.15) is 0 Å². The molecular weight excluding hydrogens is 328 g/mol. The summed E-state index contributed by atoms with van der Waals surface area (Å²) in [6.45, 7) is 3.77. The van der Waals surface area contributed by atoms with Gasteiger partial charge in [0.25, 0.3) is 5.91 Å². The van der Waals surface area contributed by atoms with Crippen LogP contribution in [0.15, 0.2) is 54.6 Å². The zero-order valence-corrected chi connectivity index (χ0v) is 15.2. The average Bonchev–Trinajstić information content (AvgIpc) is 2.67. The molecule has 0 spiro atoms. The summed E-state index contributed by atoms with van der Waals surface area (Å²) < 4.78 is 5.25. The van der Waals surface area contributed by atoms with Crippen molar-refractivity contribution in [3.63, 3.8) is 0 Å².